The van der Waals surface area contributed by atoms with E-state index < -0.39 is 11.6 Å². The lowest BCUT2D eigenvalue weighted by molar-refractivity contribution is -0.144. The Balaban J connectivity index is 1.52. The highest BCUT2D eigenvalue weighted by Gasteiger charge is 2.38. The first-order chi connectivity index (χ1) is 16.1. The number of aryl methyl sites for hydroxylation is 2. The van der Waals surface area contributed by atoms with E-state index in [1.807, 2.05) is 25.1 Å². The number of aliphatic hydroxyl groups is 1. The van der Waals surface area contributed by atoms with Crippen molar-refractivity contribution in [3.05, 3.63) is 65.4 Å². The highest BCUT2D eigenvalue weighted by atomic mass is 19.1. The number of pyridine rings is 3. The first-order valence-electron chi connectivity index (χ1n) is 11.4. The average Bonchev–Trinajstić information content (AvgIpc) is 2.81. The standard InChI is InChI=1S/C26H29FN4O3/c1-15-10-21(30-24(11-15)31-23-12-16(2)20(27)14-29-23)18-6-9-22(28-13-18)26(3,34)19-7-4-17(5-8-19)25(32)33/h6,9-14,17,19,34H,4-5,7-8H2,1-3H3,(H,32,33)(H,29,30,31). The Bertz CT molecular complexity index is 1190. The third kappa shape index (κ3) is 5.07. The first kappa shape index (κ1) is 23.8. The molecule has 34 heavy (non-hydrogen) atoms. The molecule has 3 heterocycles. The predicted octanol–water partition coefficient (Wildman–Crippen LogP) is 5.14. The van der Waals surface area contributed by atoms with Crippen molar-refractivity contribution in [2.24, 2.45) is 11.8 Å². The third-order valence-electron chi connectivity index (χ3n) is 6.72. The number of anilines is 2. The van der Waals surface area contributed by atoms with Crippen LogP contribution in [0.4, 0.5) is 16.0 Å². The van der Waals surface area contributed by atoms with Crippen molar-refractivity contribution in [2.45, 2.75) is 52.1 Å². The number of aliphatic carboxylic acids is 1. The van der Waals surface area contributed by atoms with Gasteiger partial charge in [0.1, 0.15) is 23.1 Å². The van der Waals surface area contributed by atoms with Crippen molar-refractivity contribution < 1.29 is 19.4 Å². The van der Waals surface area contributed by atoms with Crippen molar-refractivity contribution in [3.8, 4) is 11.3 Å². The van der Waals surface area contributed by atoms with Gasteiger partial charge in [0, 0.05) is 11.8 Å². The van der Waals surface area contributed by atoms with Gasteiger partial charge < -0.3 is 15.5 Å². The molecule has 1 saturated carbocycles. The van der Waals surface area contributed by atoms with E-state index in [1.165, 1.54) is 6.20 Å². The molecular weight excluding hydrogens is 435 g/mol. The van der Waals surface area contributed by atoms with Gasteiger partial charge in [0.2, 0.25) is 0 Å². The van der Waals surface area contributed by atoms with Gasteiger partial charge in [0.05, 0.1) is 23.5 Å². The monoisotopic (exact) mass is 464 g/mol. The molecule has 3 aromatic heterocycles. The molecule has 1 fully saturated rings. The van der Waals surface area contributed by atoms with Crippen LogP contribution in [0.25, 0.3) is 11.3 Å². The fourth-order valence-electron chi connectivity index (χ4n) is 4.57. The van der Waals surface area contributed by atoms with E-state index in [0.29, 0.717) is 54.3 Å². The van der Waals surface area contributed by atoms with Gasteiger partial charge in [-0.25, -0.2) is 14.4 Å². The Labute approximate surface area is 198 Å². The predicted molar refractivity (Wildman–Crippen MR) is 127 cm³/mol. The normalized spacial score (nSPS) is 19.9. The average molecular weight is 465 g/mol. The van der Waals surface area contributed by atoms with Gasteiger partial charge in [0.15, 0.2) is 0 Å². The molecule has 1 aliphatic rings. The lowest BCUT2D eigenvalue weighted by Gasteiger charge is -2.36. The fourth-order valence-corrected chi connectivity index (χ4v) is 4.57. The molecule has 1 aliphatic carbocycles. The van der Waals surface area contributed by atoms with E-state index in [4.69, 9.17) is 0 Å². The minimum Gasteiger partial charge on any atom is -0.481 e. The van der Waals surface area contributed by atoms with Crippen LogP contribution in [0.5, 0.6) is 0 Å². The number of aromatic nitrogens is 3. The van der Waals surface area contributed by atoms with Crippen molar-refractivity contribution >= 4 is 17.6 Å². The number of carboxylic acids is 1. The molecule has 0 aromatic carbocycles. The molecule has 178 valence electrons. The molecule has 0 radical (unpaired) electrons. The van der Waals surface area contributed by atoms with E-state index in [1.54, 1.807) is 32.2 Å². The smallest absolute Gasteiger partial charge is 0.306 e. The summed E-state index contributed by atoms with van der Waals surface area (Å²) >= 11 is 0. The van der Waals surface area contributed by atoms with Crippen LogP contribution < -0.4 is 5.32 Å². The van der Waals surface area contributed by atoms with Crippen LogP contribution in [0.1, 0.15) is 49.4 Å². The highest BCUT2D eigenvalue weighted by Crippen LogP contribution is 2.40. The molecule has 0 spiro atoms. The van der Waals surface area contributed by atoms with Crippen molar-refractivity contribution in [2.75, 3.05) is 5.32 Å². The summed E-state index contributed by atoms with van der Waals surface area (Å²) in [6.07, 6.45) is 5.31. The second kappa shape index (κ2) is 9.46. The molecular formula is C26H29FN4O3. The summed E-state index contributed by atoms with van der Waals surface area (Å²) in [5, 5.41) is 23.6. The molecule has 1 unspecified atom stereocenters. The molecule has 0 bridgehead atoms. The van der Waals surface area contributed by atoms with E-state index in [2.05, 4.69) is 20.3 Å². The summed E-state index contributed by atoms with van der Waals surface area (Å²) in [5.41, 5.74) is 2.41. The Morgan fingerprint density at radius 2 is 1.79 bits per heavy atom. The van der Waals surface area contributed by atoms with Crippen LogP contribution in [0.15, 0.2) is 42.7 Å². The number of carbonyl (C=O) groups is 1. The van der Waals surface area contributed by atoms with Crippen molar-refractivity contribution in [1.29, 1.82) is 0 Å². The Kier molecular flexibility index (Phi) is 6.61. The maximum Gasteiger partial charge on any atom is 0.306 e. The highest BCUT2D eigenvalue weighted by molar-refractivity contribution is 5.70. The summed E-state index contributed by atoms with van der Waals surface area (Å²) in [6.45, 7) is 5.39. The molecule has 7 nitrogen and oxygen atoms in total. The van der Waals surface area contributed by atoms with Crippen molar-refractivity contribution in [1.82, 2.24) is 15.0 Å². The maximum atomic E-state index is 13.5. The van der Waals surface area contributed by atoms with E-state index >= 15 is 0 Å². The lowest BCUT2D eigenvalue weighted by Crippen LogP contribution is -2.36. The van der Waals surface area contributed by atoms with Crippen molar-refractivity contribution in [3.63, 3.8) is 0 Å². The molecule has 4 rings (SSSR count). The van der Waals surface area contributed by atoms with Gasteiger partial charge in [-0.3, -0.25) is 9.78 Å². The van der Waals surface area contributed by atoms with E-state index in [-0.39, 0.29) is 17.7 Å². The summed E-state index contributed by atoms with van der Waals surface area (Å²) < 4.78 is 13.5. The largest absolute Gasteiger partial charge is 0.481 e. The van der Waals surface area contributed by atoms with Crippen LogP contribution >= 0.6 is 0 Å². The number of hydrogen-bond acceptors (Lipinski definition) is 6. The fraction of sp³-hybridized carbons (Fsp3) is 0.385. The van der Waals surface area contributed by atoms with Crippen LogP contribution in [0, 0.1) is 31.5 Å². The zero-order chi connectivity index (χ0) is 24.5. The van der Waals surface area contributed by atoms with Crippen LogP contribution in [0.3, 0.4) is 0 Å². The van der Waals surface area contributed by atoms with Gasteiger partial charge in [0.25, 0.3) is 0 Å². The maximum absolute atomic E-state index is 13.5. The quantitative estimate of drug-likeness (QED) is 0.464. The molecule has 3 N–H and O–H groups in total. The van der Waals surface area contributed by atoms with E-state index in [9.17, 15) is 19.4 Å². The minimum atomic E-state index is -1.14. The summed E-state index contributed by atoms with van der Waals surface area (Å²) in [5.74, 6) is -0.400. The van der Waals surface area contributed by atoms with E-state index in [0.717, 1.165) is 11.1 Å². The number of carboxylic acid groups (broad SMARTS) is 1. The molecule has 0 aliphatic heterocycles. The molecule has 0 saturated heterocycles. The second-order valence-corrected chi connectivity index (χ2v) is 9.33. The Hall–Kier alpha value is -3.39. The summed E-state index contributed by atoms with van der Waals surface area (Å²) in [6, 6.07) is 9.13. The van der Waals surface area contributed by atoms with Gasteiger partial charge in [-0.15, -0.1) is 0 Å². The zero-order valence-corrected chi connectivity index (χ0v) is 19.5. The summed E-state index contributed by atoms with van der Waals surface area (Å²) in [7, 11) is 0. The number of hydrogen-bond donors (Lipinski definition) is 3. The second-order valence-electron chi connectivity index (χ2n) is 9.33. The molecule has 8 heteroatoms. The van der Waals surface area contributed by atoms with Crippen LogP contribution in [-0.4, -0.2) is 31.1 Å². The number of halogens is 1. The minimum absolute atomic E-state index is 0.0407. The molecule has 0 amide bonds. The van der Waals surface area contributed by atoms with Gasteiger partial charge in [-0.1, -0.05) is 0 Å². The zero-order valence-electron chi connectivity index (χ0n) is 19.5. The van der Waals surface area contributed by atoms with Crippen LogP contribution in [-0.2, 0) is 10.4 Å². The number of nitrogens with one attached hydrogen (secondary N) is 1. The molecule has 3 aromatic rings. The van der Waals surface area contributed by atoms with Gasteiger partial charge in [-0.05, 0) is 93.8 Å². The molecule has 1 atom stereocenters. The van der Waals surface area contributed by atoms with Gasteiger partial charge >= 0.3 is 5.97 Å². The topological polar surface area (TPSA) is 108 Å². The number of nitrogens with zero attached hydrogens (tertiary/aromatic N) is 3. The number of rotatable bonds is 6. The first-order valence-corrected chi connectivity index (χ1v) is 11.4. The Morgan fingerprint density at radius 3 is 2.41 bits per heavy atom. The lowest BCUT2D eigenvalue weighted by atomic mass is 9.73. The SMILES string of the molecule is Cc1cc(Nc2cc(C)c(F)cn2)nc(-c2ccc(C(C)(O)C3CCC(C(=O)O)CC3)nc2)c1. The Morgan fingerprint density at radius 1 is 1.06 bits per heavy atom. The van der Waals surface area contributed by atoms with Gasteiger partial charge in [-0.2, -0.15) is 0 Å². The summed E-state index contributed by atoms with van der Waals surface area (Å²) in [4.78, 5) is 24.5. The van der Waals surface area contributed by atoms with Crippen LogP contribution in [0.2, 0.25) is 0 Å². The third-order valence-corrected chi connectivity index (χ3v) is 6.72.